The van der Waals surface area contributed by atoms with E-state index in [9.17, 15) is 0 Å². The van der Waals surface area contributed by atoms with Gasteiger partial charge in [0.15, 0.2) is 0 Å². The molecule has 0 amide bonds. The minimum absolute atomic E-state index is 0.273. The van der Waals surface area contributed by atoms with Crippen molar-refractivity contribution >= 4 is 5.57 Å². The Hall–Kier alpha value is -2.33. The van der Waals surface area contributed by atoms with Crippen molar-refractivity contribution in [1.29, 1.82) is 5.26 Å². The van der Waals surface area contributed by atoms with Gasteiger partial charge in [-0.1, -0.05) is 66.7 Å². The van der Waals surface area contributed by atoms with Gasteiger partial charge in [-0.05, 0) is 48.3 Å². The smallest absolute Gasteiger partial charge is 0.0655 e. The number of allylic oxidation sites excluding steroid dienone is 1. The van der Waals surface area contributed by atoms with Crippen LogP contribution in [0.5, 0.6) is 0 Å². The van der Waals surface area contributed by atoms with Gasteiger partial charge >= 0.3 is 0 Å². The van der Waals surface area contributed by atoms with E-state index in [1.807, 2.05) is 0 Å². The summed E-state index contributed by atoms with van der Waals surface area (Å²) in [6.45, 7) is 0. The van der Waals surface area contributed by atoms with Crippen molar-refractivity contribution < 1.29 is 0 Å². The van der Waals surface area contributed by atoms with Crippen molar-refractivity contribution in [1.82, 2.24) is 0 Å². The summed E-state index contributed by atoms with van der Waals surface area (Å²) in [4.78, 5) is 0. The van der Waals surface area contributed by atoms with Crippen molar-refractivity contribution in [2.75, 3.05) is 0 Å². The van der Waals surface area contributed by atoms with Gasteiger partial charge in [-0.3, -0.25) is 0 Å². The zero-order valence-corrected chi connectivity index (χ0v) is 12.8. The highest BCUT2D eigenvalue weighted by atomic mass is 14.3. The van der Waals surface area contributed by atoms with Crippen LogP contribution in [0.2, 0.25) is 0 Å². The number of nitriles is 1. The molecule has 2 aromatic rings. The van der Waals surface area contributed by atoms with Crippen LogP contribution in [0, 0.1) is 23.2 Å². The highest BCUT2D eigenvalue weighted by Gasteiger charge is 2.23. The summed E-state index contributed by atoms with van der Waals surface area (Å²) in [5.74, 6) is 0.933. The van der Waals surface area contributed by atoms with E-state index in [0.717, 1.165) is 19.3 Å². The molecule has 1 saturated carbocycles. The van der Waals surface area contributed by atoms with E-state index in [0.29, 0.717) is 5.92 Å². The monoisotopic (exact) mass is 287 g/mol. The third-order valence-electron chi connectivity index (χ3n) is 4.55. The first-order chi connectivity index (χ1) is 10.9. The first-order valence-electron chi connectivity index (χ1n) is 8.07. The molecule has 1 fully saturated rings. The van der Waals surface area contributed by atoms with Crippen LogP contribution in [-0.4, -0.2) is 0 Å². The van der Waals surface area contributed by atoms with Gasteiger partial charge in [-0.2, -0.15) is 5.26 Å². The van der Waals surface area contributed by atoms with Crippen LogP contribution in [-0.2, 0) is 0 Å². The highest BCUT2D eigenvalue weighted by Crippen LogP contribution is 2.34. The quantitative estimate of drug-likeness (QED) is 0.733. The third-order valence-corrected chi connectivity index (χ3v) is 4.55. The molecule has 0 N–H and O–H groups in total. The second kappa shape index (κ2) is 7.09. The molecule has 1 heteroatoms. The van der Waals surface area contributed by atoms with Crippen molar-refractivity contribution in [2.24, 2.45) is 11.8 Å². The van der Waals surface area contributed by atoms with Gasteiger partial charge in [0, 0.05) is 5.92 Å². The lowest BCUT2D eigenvalue weighted by atomic mass is 9.93. The molecule has 2 unspecified atom stereocenters. The van der Waals surface area contributed by atoms with Crippen LogP contribution in [0.3, 0.4) is 0 Å². The maximum atomic E-state index is 9.05. The van der Waals surface area contributed by atoms with Gasteiger partial charge in [-0.25, -0.2) is 0 Å². The van der Waals surface area contributed by atoms with Gasteiger partial charge in [0.1, 0.15) is 0 Å². The van der Waals surface area contributed by atoms with E-state index in [1.54, 1.807) is 0 Å². The molecule has 0 spiro atoms. The summed E-state index contributed by atoms with van der Waals surface area (Å²) in [6, 6.07) is 23.6. The summed E-state index contributed by atoms with van der Waals surface area (Å²) in [5, 5.41) is 9.05. The Balaban J connectivity index is 1.83. The minimum atomic E-state index is 0.273. The molecule has 0 aromatic heterocycles. The third kappa shape index (κ3) is 3.46. The largest absolute Gasteiger partial charge is 0.198 e. The zero-order valence-electron chi connectivity index (χ0n) is 12.8. The molecule has 0 bridgehead atoms. The highest BCUT2D eigenvalue weighted by molar-refractivity contribution is 5.79. The van der Waals surface area contributed by atoms with Crippen LogP contribution >= 0.6 is 0 Å². The number of hydrogen-bond donors (Lipinski definition) is 0. The van der Waals surface area contributed by atoms with E-state index < -0.39 is 0 Å². The van der Waals surface area contributed by atoms with Gasteiger partial charge in [0.25, 0.3) is 0 Å². The Labute approximate surface area is 132 Å². The molecule has 22 heavy (non-hydrogen) atoms. The van der Waals surface area contributed by atoms with Crippen LogP contribution in [0.1, 0.15) is 36.8 Å². The van der Waals surface area contributed by atoms with Crippen LogP contribution in [0.25, 0.3) is 5.57 Å². The Morgan fingerprint density at radius 3 is 2.05 bits per heavy atom. The topological polar surface area (TPSA) is 23.8 Å². The molecular weight excluding hydrogens is 266 g/mol. The van der Waals surface area contributed by atoms with E-state index in [2.05, 4.69) is 72.8 Å². The number of nitrogens with zero attached hydrogens (tertiary/aromatic N) is 1. The molecular formula is C21H21N. The normalized spacial score (nSPS) is 20.3. The maximum Gasteiger partial charge on any atom is 0.0655 e. The summed E-state index contributed by atoms with van der Waals surface area (Å²) in [6.07, 6.45) is 6.75. The SMILES string of the molecule is N#CC1CCC(CC=C(c2ccccc2)c2ccccc2)C1. The van der Waals surface area contributed by atoms with Gasteiger partial charge in [0.2, 0.25) is 0 Å². The van der Waals surface area contributed by atoms with E-state index >= 15 is 0 Å². The molecule has 0 saturated heterocycles. The van der Waals surface area contributed by atoms with Gasteiger partial charge < -0.3 is 0 Å². The lowest BCUT2D eigenvalue weighted by Gasteiger charge is -2.11. The van der Waals surface area contributed by atoms with Crippen molar-refractivity contribution in [3.63, 3.8) is 0 Å². The average molecular weight is 287 g/mol. The molecule has 1 aliphatic rings. The summed E-state index contributed by atoms with van der Waals surface area (Å²) in [5.41, 5.74) is 3.84. The fourth-order valence-corrected chi connectivity index (χ4v) is 3.33. The molecule has 0 aliphatic heterocycles. The molecule has 110 valence electrons. The Bertz CT molecular complexity index is 623. The molecule has 2 aromatic carbocycles. The number of benzene rings is 2. The lowest BCUT2D eigenvalue weighted by Crippen LogP contribution is -1.95. The molecule has 0 heterocycles. The second-order valence-electron chi connectivity index (χ2n) is 6.09. The first-order valence-corrected chi connectivity index (χ1v) is 8.07. The Morgan fingerprint density at radius 2 is 1.55 bits per heavy atom. The second-order valence-corrected chi connectivity index (χ2v) is 6.09. The lowest BCUT2D eigenvalue weighted by molar-refractivity contribution is 0.543. The summed E-state index contributed by atoms with van der Waals surface area (Å²) >= 11 is 0. The van der Waals surface area contributed by atoms with Gasteiger partial charge in [-0.15, -0.1) is 0 Å². The van der Waals surface area contributed by atoms with E-state index in [4.69, 9.17) is 5.26 Å². The molecule has 0 radical (unpaired) electrons. The molecule has 1 aliphatic carbocycles. The van der Waals surface area contributed by atoms with E-state index in [-0.39, 0.29) is 5.92 Å². The number of rotatable bonds is 4. The fraction of sp³-hybridized carbons (Fsp3) is 0.286. The molecule has 1 nitrogen and oxygen atoms in total. The zero-order chi connectivity index (χ0) is 15.2. The molecule has 2 atom stereocenters. The van der Waals surface area contributed by atoms with Crippen LogP contribution < -0.4 is 0 Å². The average Bonchev–Trinajstić information content (AvgIpc) is 3.05. The van der Waals surface area contributed by atoms with Crippen molar-refractivity contribution in [3.8, 4) is 6.07 Å². The van der Waals surface area contributed by atoms with E-state index in [1.165, 1.54) is 23.1 Å². The summed E-state index contributed by atoms with van der Waals surface area (Å²) < 4.78 is 0. The van der Waals surface area contributed by atoms with Crippen LogP contribution in [0.4, 0.5) is 0 Å². The standard InChI is InChI=1S/C21H21N/c22-16-18-12-11-17(15-18)13-14-21(19-7-3-1-4-8-19)20-9-5-2-6-10-20/h1-10,14,17-18H,11-13,15H2. The minimum Gasteiger partial charge on any atom is -0.198 e. The summed E-state index contributed by atoms with van der Waals surface area (Å²) in [7, 11) is 0. The van der Waals surface area contributed by atoms with Crippen molar-refractivity contribution in [2.45, 2.75) is 25.7 Å². The molecule has 3 rings (SSSR count). The predicted molar refractivity (Wildman–Crippen MR) is 91.0 cm³/mol. The first kappa shape index (κ1) is 14.6. The fourth-order valence-electron chi connectivity index (χ4n) is 3.33. The van der Waals surface area contributed by atoms with Crippen LogP contribution in [0.15, 0.2) is 66.7 Å². The maximum absolute atomic E-state index is 9.05. The van der Waals surface area contributed by atoms with Crippen molar-refractivity contribution in [3.05, 3.63) is 77.9 Å². The number of hydrogen-bond acceptors (Lipinski definition) is 1. The van der Waals surface area contributed by atoms with Gasteiger partial charge in [0.05, 0.1) is 6.07 Å². The predicted octanol–water partition coefficient (Wildman–Crippen LogP) is 5.45. The Morgan fingerprint density at radius 1 is 0.955 bits per heavy atom. The Kier molecular flexibility index (Phi) is 4.71.